The van der Waals surface area contributed by atoms with Crippen molar-refractivity contribution in [2.75, 3.05) is 27.2 Å². The Hall–Kier alpha value is -0.660. The van der Waals surface area contributed by atoms with Crippen molar-refractivity contribution in [1.82, 2.24) is 8.61 Å². The number of carboxylic acids is 1. The minimum absolute atomic E-state index is 0.103. The van der Waals surface area contributed by atoms with Crippen molar-refractivity contribution < 1.29 is 18.3 Å². The topological polar surface area (TPSA) is 77.9 Å². The Balaban J connectivity index is 2.52. The second-order valence-electron chi connectivity index (χ2n) is 4.23. The van der Waals surface area contributed by atoms with Crippen LogP contribution in [0.4, 0.5) is 0 Å². The molecule has 0 unspecified atom stereocenters. The highest BCUT2D eigenvalue weighted by molar-refractivity contribution is 7.86. The lowest BCUT2D eigenvalue weighted by Gasteiger charge is -2.32. The summed E-state index contributed by atoms with van der Waals surface area (Å²) in [5, 5.41) is 8.64. The average molecular weight is 250 g/mol. The van der Waals surface area contributed by atoms with E-state index in [-0.39, 0.29) is 12.3 Å². The second-order valence-corrected chi connectivity index (χ2v) is 6.37. The van der Waals surface area contributed by atoms with Gasteiger partial charge in [0.15, 0.2) is 0 Å². The second kappa shape index (κ2) is 5.11. The monoisotopic (exact) mass is 250 g/mol. The normalized spacial score (nSPS) is 20.2. The third-order valence-corrected chi connectivity index (χ3v) is 4.77. The number of rotatable bonds is 4. The molecule has 1 aliphatic rings. The van der Waals surface area contributed by atoms with Gasteiger partial charge >= 0.3 is 5.97 Å². The highest BCUT2D eigenvalue weighted by Crippen LogP contribution is 2.22. The van der Waals surface area contributed by atoms with Crippen molar-refractivity contribution in [3.8, 4) is 0 Å². The summed E-state index contributed by atoms with van der Waals surface area (Å²) >= 11 is 0. The number of piperidine rings is 1. The summed E-state index contributed by atoms with van der Waals surface area (Å²) in [7, 11) is -0.335. The maximum Gasteiger partial charge on any atom is 0.303 e. The molecule has 1 saturated heterocycles. The molecule has 0 aromatic carbocycles. The largest absolute Gasteiger partial charge is 0.481 e. The highest BCUT2D eigenvalue weighted by atomic mass is 32.2. The maximum atomic E-state index is 11.7. The van der Waals surface area contributed by atoms with Gasteiger partial charge in [0.05, 0.1) is 0 Å². The molecule has 0 amide bonds. The average Bonchev–Trinajstić information content (AvgIpc) is 2.17. The van der Waals surface area contributed by atoms with Crippen LogP contribution in [0.25, 0.3) is 0 Å². The number of nitrogens with zero attached hydrogens (tertiary/aromatic N) is 2. The zero-order valence-electron chi connectivity index (χ0n) is 9.59. The van der Waals surface area contributed by atoms with Crippen LogP contribution in [-0.4, -0.2) is 55.3 Å². The Bertz CT molecular complexity index is 345. The van der Waals surface area contributed by atoms with E-state index in [2.05, 4.69) is 0 Å². The predicted octanol–water partition coefficient (Wildman–Crippen LogP) is -0.0205. The van der Waals surface area contributed by atoms with Crippen LogP contribution < -0.4 is 0 Å². The van der Waals surface area contributed by atoms with Gasteiger partial charge in [0.1, 0.15) is 0 Å². The zero-order chi connectivity index (χ0) is 12.3. The Morgan fingerprint density at radius 1 is 1.38 bits per heavy atom. The van der Waals surface area contributed by atoms with Gasteiger partial charge < -0.3 is 5.11 Å². The lowest BCUT2D eigenvalue weighted by atomic mass is 9.95. The Morgan fingerprint density at radius 2 is 1.88 bits per heavy atom. The first-order valence-electron chi connectivity index (χ1n) is 5.23. The molecule has 1 rings (SSSR count). The third kappa shape index (κ3) is 3.16. The summed E-state index contributed by atoms with van der Waals surface area (Å²) < 4.78 is 26.1. The van der Waals surface area contributed by atoms with E-state index >= 15 is 0 Å². The number of hydrogen-bond acceptors (Lipinski definition) is 3. The molecule has 0 aliphatic carbocycles. The minimum atomic E-state index is -3.33. The lowest BCUT2D eigenvalue weighted by Crippen LogP contribution is -2.44. The molecule has 6 nitrogen and oxygen atoms in total. The molecule has 1 fully saturated rings. The molecule has 1 N–H and O–H groups in total. The molecular formula is C9H18N2O4S. The van der Waals surface area contributed by atoms with Gasteiger partial charge in [-0.1, -0.05) is 0 Å². The van der Waals surface area contributed by atoms with Crippen LogP contribution >= 0.6 is 0 Å². The summed E-state index contributed by atoms with van der Waals surface area (Å²) in [6.45, 7) is 0.830. The van der Waals surface area contributed by atoms with Crippen LogP contribution in [0.3, 0.4) is 0 Å². The van der Waals surface area contributed by atoms with Gasteiger partial charge in [0, 0.05) is 33.6 Å². The van der Waals surface area contributed by atoms with E-state index < -0.39 is 16.2 Å². The molecule has 1 aliphatic heterocycles. The van der Waals surface area contributed by atoms with Gasteiger partial charge in [-0.05, 0) is 18.8 Å². The van der Waals surface area contributed by atoms with E-state index in [9.17, 15) is 13.2 Å². The Morgan fingerprint density at radius 3 is 2.25 bits per heavy atom. The van der Waals surface area contributed by atoms with Crippen LogP contribution in [0.2, 0.25) is 0 Å². The van der Waals surface area contributed by atoms with Crippen molar-refractivity contribution >= 4 is 16.2 Å². The molecule has 16 heavy (non-hydrogen) atoms. The summed E-state index contributed by atoms with van der Waals surface area (Å²) in [4.78, 5) is 10.5. The quantitative estimate of drug-likeness (QED) is 0.760. The smallest absolute Gasteiger partial charge is 0.303 e. The molecule has 1 heterocycles. The highest BCUT2D eigenvalue weighted by Gasteiger charge is 2.29. The van der Waals surface area contributed by atoms with Gasteiger partial charge in [-0.15, -0.1) is 0 Å². The van der Waals surface area contributed by atoms with E-state index in [1.807, 2.05) is 0 Å². The van der Waals surface area contributed by atoms with Crippen molar-refractivity contribution in [2.45, 2.75) is 19.3 Å². The molecular weight excluding hydrogens is 232 g/mol. The Labute approximate surface area is 96.0 Å². The van der Waals surface area contributed by atoms with E-state index in [1.54, 1.807) is 0 Å². The van der Waals surface area contributed by atoms with Gasteiger partial charge in [-0.3, -0.25) is 4.79 Å². The van der Waals surface area contributed by atoms with Gasteiger partial charge in [-0.2, -0.15) is 17.0 Å². The van der Waals surface area contributed by atoms with E-state index in [0.29, 0.717) is 25.9 Å². The molecule has 0 bridgehead atoms. The van der Waals surface area contributed by atoms with Crippen LogP contribution in [-0.2, 0) is 15.0 Å². The van der Waals surface area contributed by atoms with E-state index in [4.69, 9.17) is 5.11 Å². The van der Waals surface area contributed by atoms with Gasteiger partial charge in [0.25, 0.3) is 10.2 Å². The fraction of sp³-hybridized carbons (Fsp3) is 0.889. The van der Waals surface area contributed by atoms with Gasteiger partial charge in [0.2, 0.25) is 0 Å². The maximum absolute atomic E-state index is 11.7. The van der Waals surface area contributed by atoms with Gasteiger partial charge in [-0.25, -0.2) is 0 Å². The standard InChI is InChI=1S/C9H18N2O4S/c1-10(2)16(14,15)11-5-3-8(4-6-11)7-9(12)13/h8H,3-7H2,1-2H3,(H,12,13). The summed E-state index contributed by atoms with van der Waals surface area (Å²) in [5.74, 6) is -0.708. The fourth-order valence-corrected chi connectivity index (χ4v) is 2.96. The van der Waals surface area contributed by atoms with Crippen LogP contribution in [0, 0.1) is 5.92 Å². The molecule has 0 aromatic heterocycles. The predicted molar refractivity (Wildman–Crippen MR) is 59.2 cm³/mol. The number of carbonyl (C=O) groups is 1. The first-order chi connectivity index (χ1) is 7.34. The molecule has 0 aromatic rings. The summed E-state index contributed by atoms with van der Waals surface area (Å²) in [6.07, 6.45) is 1.38. The van der Waals surface area contributed by atoms with E-state index in [0.717, 1.165) is 0 Å². The number of aliphatic carboxylic acids is 1. The molecule has 7 heteroatoms. The SMILES string of the molecule is CN(C)S(=O)(=O)N1CCC(CC(=O)O)CC1. The summed E-state index contributed by atoms with van der Waals surface area (Å²) in [6, 6.07) is 0. The lowest BCUT2D eigenvalue weighted by molar-refractivity contribution is -0.138. The van der Waals surface area contributed by atoms with Crippen molar-refractivity contribution in [3.63, 3.8) is 0 Å². The number of carboxylic acid groups (broad SMARTS) is 1. The minimum Gasteiger partial charge on any atom is -0.481 e. The number of hydrogen-bond donors (Lipinski definition) is 1. The molecule has 0 radical (unpaired) electrons. The van der Waals surface area contributed by atoms with E-state index in [1.165, 1.54) is 22.7 Å². The molecule has 0 saturated carbocycles. The molecule has 94 valence electrons. The zero-order valence-corrected chi connectivity index (χ0v) is 10.4. The molecule has 0 spiro atoms. The fourth-order valence-electron chi connectivity index (χ4n) is 1.82. The third-order valence-electron chi connectivity index (χ3n) is 2.82. The van der Waals surface area contributed by atoms with Crippen molar-refractivity contribution in [3.05, 3.63) is 0 Å². The van der Waals surface area contributed by atoms with Crippen molar-refractivity contribution in [2.24, 2.45) is 5.92 Å². The Kier molecular flexibility index (Phi) is 4.28. The summed E-state index contributed by atoms with van der Waals surface area (Å²) in [5.41, 5.74) is 0. The first kappa shape index (κ1) is 13.4. The molecule has 0 atom stereocenters. The van der Waals surface area contributed by atoms with Crippen LogP contribution in [0.1, 0.15) is 19.3 Å². The van der Waals surface area contributed by atoms with Crippen LogP contribution in [0.15, 0.2) is 0 Å². The first-order valence-corrected chi connectivity index (χ1v) is 6.63. The van der Waals surface area contributed by atoms with Crippen LogP contribution in [0.5, 0.6) is 0 Å². The van der Waals surface area contributed by atoms with Crippen molar-refractivity contribution in [1.29, 1.82) is 0 Å².